The molecule has 1 heterocycles. The van der Waals surface area contributed by atoms with E-state index in [-0.39, 0.29) is 0 Å². The Balaban J connectivity index is 2.31. The first kappa shape index (κ1) is 5.15. The first-order chi connectivity index (χ1) is 2.71. The minimum absolute atomic E-state index is 0.734. The van der Waals surface area contributed by atoms with E-state index in [1.165, 1.54) is 11.8 Å². The summed E-state index contributed by atoms with van der Waals surface area (Å²) in [5.74, 6) is 0.999. The minimum Gasteiger partial charge on any atom is -0.220 e. The van der Waals surface area contributed by atoms with Crippen molar-refractivity contribution in [3.8, 4) is 0 Å². The van der Waals surface area contributed by atoms with Crippen molar-refractivity contribution in [1.82, 2.24) is 0 Å². The summed E-state index contributed by atoms with van der Waals surface area (Å²) in [5.41, 5.74) is 0. The number of halogens is 2. The third-order valence-electron chi connectivity index (χ3n) is 0.706. The molecule has 1 fully saturated rings. The monoisotopic (exact) mass is 218 g/mol. The molecule has 6 heavy (non-hydrogen) atoms. The van der Waals surface area contributed by atoms with Gasteiger partial charge in [0.25, 0.3) is 0 Å². The average molecular weight is 218 g/mol. The molecule has 1 aliphatic heterocycles. The van der Waals surface area contributed by atoms with Crippen molar-refractivity contribution in [2.24, 2.45) is 0 Å². The lowest BCUT2D eigenvalue weighted by atomic mass is 10.5. The highest BCUT2D eigenvalue weighted by Crippen LogP contribution is 2.47. The van der Waals surface area contributed by atoms with Gasteiger partial charge in [-0.1, -0.05) is 0 Å². The van der Waals surface area contributed by atoms with Crippen LogP contribution in [0.1, 0.15) is 6.42 Å². The maximum Gasteiger partial charge on any atom is 0.207 e. The summed E-state index contributed by atoms with van der Waals surface area (Å²) in [5, 5.41) is 0. The van der Waals surface area contributed by atoms with E-state index in [1.807, 2.05) is 22.6 Å². The molecule has 0 amide bonds. The molecule has 0 bridgehead atoms. The molecule has 0 spiro atoms. The van der Waals surface area contributed by atoms with Crippen molar-refractivity contribution in [2.75, 3.05) is 5.75 Å². The fourth-order valence-electron chi connectivity index (χ4n) is 0.256. The second-order valence-corrected chi connectivity index (χ2v) is 5.02. The van der Waals surface area contributed by atoms with Crippen LogP contribution in [0.4, 0.5) is 4.39 Å². The molecule has 0 N–H and O–H groups in total. The van der Waals surface area contributed by atoms with Crippen LogP contribution in [0.15, 0.2) is 0 Å². The quantitative estimate of drug-likeness (QED) is 0.443. The SMILES string of the molecule is FC1(I)CCS1. The smallest absolute Gasteiger partial charge is 0.207 e. The Hall–Kier alpha value is 1.01. The molecule has 0 aliphatic carbocycles. The topological polar surface area (TPSA) is 0 Å². The zero-order valence-corrected chi connectivity index (χ0v) is 6.05. The molecule has 0 nitrogen and oxygen atoms in total. The van der Waals surface area contributed by atoms with Gasteiger partial charge in [0, 0.05) is 12.2 Å². The summed E-state index contributed by atoms with van der Waals surface area (Å²) in [6, 6.07) is 0. The molecule has 1 atom stereocenters. The van der Waals surface area contributed by atoms with E-state index >= 15 is 0 Å². The van der Waals surface area contributed by atoms with Crippen molar-refractivity contribution < 1.29 is 4.39 Å². The average Bonchev–Trinajstić information content (AvgIpc) is 1.32. The normalized spacial score (nSPS) is 45.0. The Bertz CT molecular complexity index is 57.8. The summed E-state index contributed by atoms with van der Waals surface area (Å²) in [6.45, 7) is 0. The van der Waals surface area contributed by atoms with Gasteiger partial charge in [0.2, 0.25) is 3.01 Å². The number of hydrogen-bond acceptors (Lipinski definition) is 1. The Morgan fingerprint density at radius 3 is 2.17 bits per heavy atom. The van der Waals surface area contributed by atoms with Crippen molar-refractivity contribution in [1.29, 1.82) is 0 Å². The van der Waals surface area contributed by atoms with Gasteiger partial charge in [-0.15, -0.1) is 11.8 Å². The molecule has 0 aromatic carbocycles. The highest BCUT2D eigenvalue weighted by molar-refractivity contribution is 14.1. The standard InChI is InChI=1S/C3H4FIS/c4-3(5)1-2-6-3/h1-2H2. The van der Waals surface area contributed by atoms with Gasteiger partial charge >= 0.3 is 0 Å². The van der Waals surface area contributed by atoms with Crippen LogP contribution in [0, 0.1) is 0 Å². The van der Waals surface area contributed by atoms with Crippen LogP contribution in [0.5, 0.6) is 0 Å². The lowest BCUT2D eigenvalue weighted by Gasteiger charge is -2.25. The Labute approximate surface area is 54.0 Å². The number of alkyl halides is 2. The molecule has 0 aromatic heterocycles. The Kier molecular flexibility index (Phi) is 1.29. The molecule has 0 radical (unpaired) electrons. The summed E-state index contributed by atoms with van der Waals surface area (Å²) >= 11 is 3.21. The van der Waals surface area contributed by atoms with Crippen LogP contribution >= 0.6 is 34.4 Å². The largest absolute Gasteiger partial charge is 0.220 e. The van der Waals surface area contributed by atoms with E-state index in [0.29, 0.717) is 0 Å². The first-order valence-corrected chi connectivity index (χ1v) is 3.79. The number of hydrogen-bond donors (Lipinski definition) is 0. The van der Waals surface area contributed by atoms with Gasteiger partial charge in [0.15, 0.2) is 0 Å². The Morgan fingerprint density at radius 1 is 1.83 bits per heavy atom. The van der Waals surface area contributed by atoms with Crippen molar-refractivity contribution in [3.63, 3.8) is 0 Å². The predicted octanol–water partition coefficient (Wildman–Crippen LogP) is 2.18. The third kappa shape index (κ3) is 0.992. The van der Waals surface area contributed by atoms with Crippen LogP contribution < -0.4 is 0 Å². The maximum atomic E-state index is 12.2. The van der Waals surface area contributed by atoms with Crippen LogP contribution in [0.3, 0.4) is 0 Å². The van der Waals surface area contributed by atoms with Gasteiger partial charge in [0.1, 0.15) is 0 Å². The van der Waals surface area contributed by atoms with Crippen LogP contribution in [-0.2, 0) is 0 Å². The summed E-state index contributed by atoms with van der Waals surface area (Å²) < 4.78 is 11.3. The molecule has 3 heteroatoms. The van der Waals surface area contributed by atoms with Crippen LogP contribution in [-0.4, -0.2) is 8.76 Å². The number of thioether (sulfide) groups is 1. The minimum atomic E-state index is -0.891. The number of rotatable bonds is 0. The summed E-state index contributed by atoms with van der Waals surface area (Å²) in [4.78, 5) is 0. The highest BCUT2D eigenvalue weighted by Gasteiger charge is 2.34. The summed E-state index contributed by atoms with van der Waals surface area (Å²) in [7, 11) is 0. The molecule has 1 unspecified atom stereocenters. The van der Waals surface area contributed by atoms with Crippen molar-refractivity contribution >= 4 is 34.4 Å². The second-order valence-electron chi connectivity index (χ2n) is 1.24. The molecule has 0 aromatic rings. The highest BCUT2D eigenvalue weighted by atomic mass is 127. The van der Waals surface area contributed by atoms with E-state index in [2.05, 4.69) is 0 Å². The predicted molar refractivity (Wildman–Crippen MR) is 34.9 cm³/mol. The lowest BCUT2D eigenvalue weighted by Crippen LogP contribution is -2.19. The fourth-order valence-corrected chi connectivity index (χ4v) is 2.09. The second kappa shape index (κ2) is 1.51. The van der Waals surface area contributed by atoms with Gasteiger partial charge in [-0.25, -0.2) is 4.39 Å². The summed E-state index contributed by atoms with van der Waals surface area (Å²) in [6.07, 6.45) is 0.734. The van der Waals surface area contributed by atoms with E-state index in [1.54, 1.807) is 0 Å². The van der Waals surface area contributed by atoms with E-state index in [0.717, 1.165) is 12.2 Å². The molecular weight excluding hydrogens is 214 g/mol. The zero-order valence-electron chi connectivity index (χ0n) is 3.08. The van der Waals surface area contributed by atoms with Gasteiger partial charge in [0.05, 0.1) is 0 Å². The van der Waals surface area contributed by atoms with E-state index < -0.39 is 3.01 Å². The van der Waals surface area contributed by atoms with Gasteiger partial charge in [-0.05, 0) is 22.6 Å². The third-order valence-corrected chi connectivity index (χ3v) is 3.21. The molecule has 1 rings (SSSR count). The first-order valence-electron chi connectivity index (χ1n) is 1.72. The molecule has 1 saturated heterocycles. The molecular formula is C3H4FIS. The van der Waals surface area contributed by atoms with Crippen LogP contribution in [0.2, 0.25) is 0 Å². The molecule has 1 aliphatic rings. The van der Waals surface area contributed by atoms with Gasteiger partial charge in [-0.2, -0.15) is 0 Å². The molecule has 36 valence electrons. The maximum absolute atomic E-state index is 12.2. The lowest BCUT2D eigenvalue weighted by molar-refractivity contribution is 0.404. The van der Waals surface area contributed by atoms with Crippen LogP contribution in [0.25, 0.3) is 0 Å². The molecule has 0 saturated carbocycles. The van der Waals surface area contributed by atoms with Crippen molar-refractivity contribution in [2.45, 2.75) is 9.43 Å². The fraction of sp³-hybridized carbons (Fsp3) is 1.00. The zero-order chi connectivity index (χ0) is 4.62. The Morgan fingerprint density at radius 2 is 2.17 bits per heavy atom. The van der Waals surface area contributed by atoms with Gasteiger partial charge < -0.3 is 0 Å². The van der Waals surface area contributed by atoms with Crippen molar-refractivity contribution in [3.05, 3.63) is 0 Å². The van der Waals surface area contributed by atoms with Gasteiger partial charge in [-0.3, -0.25) is 0 Å². The van der Waals surface area contributed by atoms with E-state index in [9.17, 15) is 4.39 Å². The van der Waals surface area contributed by atoms with E-state index in [4.69, 9.17) is 0 Å².